The van der Waals surface area contributed by atoms with Crippen LogP contribution in [0.3, 0.4) is 0 Å². The van der Waals surface area contributed by atoms with Gasteiger partial charge in [-0.15, -0.1) is 0 Å². The molecule has 0 bridgehead atoms. The highest BCUT2D eigenvalue weighted by Crippen LogP contribution is 2.06. The van der Waals surface area contributed by atoms with Crippen LogP contribution in [0.1, 0.15) is 20.3 Å². The lowest BCUT2D eigenvalue weighted by Gasteiger charge is -2.17. The largest absolute Gasteiger partial charge is 0.383 e. The van der Waals surface area contributed by atoms with E-state index in [1.807, 2.05) is 13.8 Å². The molecule has 4 heteroatoms. The van der Waals surface area contributed by atoms with Crippen molar-refractivity contribution in [1.82, 2.24) is 5.32 Å². The SMILES string of the molecule is CC(C)[C@@H](O)C(=O)NC1CCOC1. The number of carbonyl (C=O) groups excluding carboxylic acids is 1. The maximum Gasteiger partial charge on any atom is 0.249 e. The van der Waals surface area contributed by atoms with Crippen LogP contribution in [0.25, 0.3) is 0 Å². The predicted octanol–water partition coefficient (Wildman–Crippen LogP) is -0.0916. The summed E-state index contributed by atoms with van der Waals surface area (Å²) >= 11 is 0. The molecule has 1 fully saturated rings. The van der Waals surface area contributed by atoms with Crippen LogP contribution in [0, 0.1) is 5.92 Å². The number of hydrogen-bond acceptors (Lipinski definition) is 3. The highest BCUT2D eigenvalue weighted by atomic mass is 16.5. The molecule has 1 rings (SSSR count). The summed E-state index contributed by atoms with van der Waals surface area (Å²) in [5.41, 5.74) is 0. The highest BCUT2D eigenvalue weighted by molar-refractivity contribution is 5.81. The molecule has 1 heterocycles. The van der Waals surface area contributed by atoms with Gasteiger partial charge in [0, 0.05) is 6.61 Å². The average Bonchev–Trinajstić information content (AvgIpc) is 2.55. The van der Waals surface area contributed by atoms with E-state index in [9.17, 15) is 9.90 Å². The third-order valence-corrected chi connectivity index (χ3v) is 2.18. The topological polar surface area (TPSA) is 58.6 Å². The molecular formula is C9H17NO3. The third kappa shape index (κ3) is 2.97. The fraction of sp³-hybridized carbons (Fsp3) is 0.889. The summed E-state index contributed by atoms with van der Waals surface area (Å²) in [7, 11) is 0. The molecule has 0 spiro atoms. The molecule has 13 heavy (non-hydrogen) atoms. The van der Waals surface area contributed by atoms with Crippen molar-refractivity contribution in [2.75, 3.05) is 13.2 Å². The zero-order valence-electron chi connectivity index (χ0n) is 8.12. The molecule has 0 aromatic carbocycles. The van der Waals surface area contributed by atoms with E-state index >= 15 is 0 Å². The van der Waals surface area contributed by atoms with Crippen molar-refractivity contribution in [3.05, 3.63) is 0 Å². The first-order valence-electron chi connectivity index (χ1n) is 4.67. The lowest BCUT2D eigenvalue weighted by Crippen LogP contribution is -2.43. The second-order valence-corrected chi connectivity index (χ2v) is 3.76. The van der Waals surface area contributed by atoms with Crippen LogP contribution in [0.15, 0.2) is 0 Å². The Labute approximate surface area is 78.3 Å². The molecule has 0 radical (unpaired) electrons. The van der Waals surface area contributed by atoms with Crippen LogP contribution in [0.2, 0.25) is 0 Å². The summed E-state index contributed by atoms with van der Waals surface area (Å²) in [4.78, 5) is 11.3. The quantitative estimate of drug-likeness (QED) is 0.649. The summed E-state index contributed by atoms with van der Waals surface area (Å²) in [6.07, 6.45) is -0.0584. The molecule has 1 amide bonds. The smallest absolute Gasteiger partial charge is 0.249 e. The lowest BCUT2D eigenvalue weighted by molar-refractivity contribution is -0.132. The van der Waals surface area contributed by atoms with Crippen LogP contribution in [0.5, 0.6) is 0 Å². The monoisotopic (exact) mass is 187 g/mol. The maximum absolute atomic E-state index is 11.3. The van der Waals surface area contributed by atoms with Crippen LogP contribution >= 0.6 is 0 Å². The Kier molecular flexibility index (Phi) is 3.69. The molecule has 4 nitrogen and oxygen atoms in total. The van der Waals surface area contributed by atoms with Gasteiger partial charge in [0.1, 0.15) is 6.10 Å². The summed E-state index contributed by atoms with van der Waals surface area (Å²) in [5.74, 6) is -0.326. The van der Waals surface area contributed by atoms with Gasteiger partial charge in [0.2, 0.25) is 5.91 Å². The van der Waals surface area contributed by atoms with Crippen molar-refractivity contribution in [1.29, 1.82) is 0 Å². The second kappa shape index (κ2) is 4.58. The fourth-order valence-corrected chi connectivity index (χ4v) is 1.24. The van der Waals surface area contributed by atoms with Crippen molar-refractivity contribution in [3.8, 4) is 0 Å². The maximum atomic E-state index is 11.3. The van der Waals surface area contributed by atoms with E-state index in [0.29, 0.717) is 13.2 Å². The third-order valence-electron chi connectivity index (χ3n) is 2.18. The Morgan fingerprint density at radius 2 is 2.31 bits per heavy atom. The van der Waals surface area contributed by atoms with E-state index in [-0.39, 0.29) is 17.9 Å². The van der Waals surface area contributed by atoms with Crippen LogP contribution in [-0.4, -0.2) is 36.4 Å². The second-order valence-electron chi connectivity index (χ2n) is 3.76. The summed E-state index contributed by atoms with van der Waals surface area (Å²) in [6.45, 7) is 4.89. The minimum absolute atomic E-state index is 0.0395. The van der Waals surface area contributed by atoms with Gasteiger partial charge in [0.25, 0.3) is 0 Å². The zero-order valence-corrected chi connectivity index (χ0v) is 8.12. The Bertz CT molecular complexity index is 176. The first-order valence-corrected chi connectivity index (χ1v) is 4.67. The van der Waals surface area contributed by atoms with Crippen molar-refractivity contribution in [3.63, 3.8) is 0 Å². The number of carbonyl (C=O) groups is 1. The molecule has 0 aliphatic carbocycles. The molecule has 0 aromatic heterocycles. The van der Waals surface area contributed by atoms with E-state index in [1.54, 1.807) is 0 Å². The van der Waals surface area contributed by atoms with Crippen LogP contribution in [0.4, 0.5) is 0 Å². The molecule has 2 N–H and O–H groups in total. The number of aliphatic hydroxyl groups is 1. The molecule has 0 saturated carbocycles. The molecule has 1 saturated heterocycles. The number of rotatable bonds is 3. The van der Waals surface area contributed by atoms with Gasteiger partial charge in [-0.25, -0.2) is 0 Å². The number of amides is 1. The van der Waals surface area contributed by atoms with Gasteiger partial charge < -0.3 is 15.2 Å². The minimum atomic E-state index is -0.902. The van der Waals surface area contributed by atoms with Gasteiger partial charge in [0.05, 0.1) is 12.6 Å². The van der Waals surface area contributed by atoms with Gasteiger partial charge in [-0.3, -0.25) is 4.79 Å². The van der Waals surface area contributed by atoms with Gasteiger partial charge in [-0.05, 0) is 12.3 Å². The number of hydrogen-bond donors (Lipinski definition) is 2. The molecule has 1 unspecified atom stereocenters. The Hall–Kier alpha value is -0.610. The summed E-state index contributed by atoms with van der Waals surface area (Å²) in [6, 6.07) is 0.0842. The van der Waals surface area contributed by atoms with E-state index in [0.717, 1.165) is 6.42 Å². The first kappa shape index (κ1) is 10.5. The lowest BCUT2D eigenvalue weighted by atomic mass is 10.1. The Morgan fingerprint density at radius 1 is 1.62 bits per heavy atom. The summed E-state index contributed by atoms with van der Waals surface area (Å²) in [5, 5.41) is 12.1. The molecule has 76 valence electrons. The highest BCUT2D eigenvalue weighted by Gasteiger charge is 2.23. The van der Waals surface area contributed by atoms with Crippen LogP contribution in [-0.2, 0) is 9.53 Å². The van der Waals surface area contributed by atoms with Crippen LogP contribution < -0.4 is 5.32 Å². The number of aliphatic hydroxyl groups excluding tert-OH is 1. The predicted molar refractivity (Wildman–Crippen MR) is 48.2 cm³/mol. The Balaban J connectivity index is 2.31. The van der Waals surface area contributed by atoms with E-state index in [2.05, 4.69) is 5.32 Å². The minimum Gasteiger partial charge on any atom is -0.383 e. The molecule has 2 atom stereocenters. The first-order chi connectivity index (χ1) is 6.11. The van der Waals surface area contributed by atoms with E-state index < -0.39 is 6.10 Å². The Morgan fingerprint density at radius 3 is 2.77 bits per heavy atom. The summed E-state index contributed by atoms with van der Waals surface area (Å²) < 4.78 is 5.10. The zero-order chi connectivity index (χ0) is 9.84. The average molecular weight is 187 g/mol. The molecule has 1 aliphatic heterocycles. The van der Waals surface area contributed by atoms with Gasteiger partial charge in [-0.2, -0.15) is 0 Å². The van der Waals surface area contributed by atoms with E-state index in [4.69, 9.17) is 4.74 Å². The van der Waals surface area contributed by atoms with E-state index in [1.165, 1.54) is 0 Å². The van der Waals surface area contributed by atoms with Crippen molar-refractivity contribution >= 4 is 5.91 Å². The van der Waals surface area contributed by atoms with Crippen molar-refractivity contribution in [2.45, 2.75) is 32.4 Å². The molecular weight excluding hydrogens is 170 g/mol. The van der Waals surface area contributed by atoms with Crippen molar-refractivity contribution in [2.24, 2.45) is 5.92 Å². The molecule has 0 aromatic rings. The van der Waals surface area contributed by atoms with Gasteiger partial charge in [-0.1, -0.05) is 13.8 Å². The van der Waals surface area contributed by atoms with Gasteiger partial charge >= 0.3 is 0 Å². The number of nitrogens with one attached hydrogen (secondary N) is 1. The van der Waals surface area contributed by atoms with Crippen molar-refractivity contribution < 1.29 is 14.6 Å². The number of ether oxygens (including phenoxy) is 1. The standard InChI is InChI=1S/C9H17NO3/c1-6(2)8(11)9(12)10-7-3-4-13-5-7/h6-8,11H,3-5H2,1-2H3,(H,10,12)/t7?,8-/m1/s1. The normalized spacial score (nSPS) is 24.8. The van der Waals surface area contributed by atoms with Gasteiger partial charge in [0.15, 0.2) is 0 Å². The fourth-order valence-electron chi connectivity index (χ4n) is 1.24. The molecule has 1 aliphatic rings.